The molecule has 0 spiro atoms. The van der Waals surface area contributed by atoms with Gasteiger partial charge >= 0.3 is 5.97 Å². The van der Waals surface area contributed by atoms with Gasteiger partial charge in [-0.05, 0) is 44.1 Å². The van der Waals surface area contributed by atoms with E-state index in [1.54, 1.807) is 11.3 Å². The molecule has 1 aromatic heterocycles. The van der Waals surface area contributed by atoms with Crippen LogP contribution in [0.4, 0.5) is 0 Å². The summed E-state index contributed by atoms with van der Waals surface area (Å²) < 4.78 is 4.82. The van der Waals surface area contributed by atoms with Crippen LogP contribution in [0.5, 0.6) is 0 Å². The third-order valence-electron chi connectivity index (χ3n) is 4.53. The number of aryl methyl sites for hydroxylation is 1. The molecule has 1 fully saturated rings. The molecular formula is C16H21NO3S. The molecule has 2 aliphatic rings. The molecule has 5 heteroatoms. The van der Waals surface area contributed by atoms with Gasteiger partial charge in [0.1, 0.15) is 0 Å². The Labute approximate surface area is 129 Å². The highest BCUT2D eigenvalue weighted by Gasteiger charge is 2.31. The minimum atomic E-state index is -0.195. The smallest absolute Gasteiger partial charge is 0.310 e. The molecule has 4 nitrogen and oxygen atoms in total. The number of piperidine rings is 1. The molecule has 0 unspecified atom stereocenters. The number of amides is 1. The summed E-state index contributed by atoms with van der Waals surface area (Å²) >= 11 is 1.72. The normalized spacial score (nSPS) is 21.8. The van der Waals surface area contributed by atoms with Gasteiger partial charge in [0.25, 0.3) is 5.91 Å². The molecule has 2 heterocycles. The summed E-state index contributed by atoms with van der Waals surface area (Å²) in [6, 6.07) is 0. The lowest BCUT2D eigenvalue weighted by molar-refractivity contribution is -0.146. The Kier molecular flexibility index (Phi) is 4.29. The number of thiophene rings is 1. The number of methoxy groups -OCH3 is 1. The maximum absolute atomic E-state index is 12.8. The van der Waals surface area contributed by atoms with Crippen LogP contribution in [-0.4, -0.2) is 37.0 Å². The number of carbonyl (C=O) groups is 2. The minimum absolute atomic E-state index is 0.100. The Balaban J connectivity index is 1.75. The van der Waals surface area contributed by atoms with Gasteiger partial charge in [0, 0.05) is 23.3 Å². The van der Waals surface area contributed by atoms with Crippen molar-refractivity contribution in [2.75, 3.05) is 20.2 Å². The van der Waals surface area contributed by atoms with Crippen molar-refractivity contribution in [3.05, 3.63) is 21.4 Å². The lowest BCUT2D eigenvalue weighted by Crippen LogP contribution is -2.42. The Hall–Kier alpha value is -1.36. The number of hydrogen-bond acceptors (Lipinski definition) is 4. The number of fused-ring (bicyclic) bond motifs is 1. The topological polar surface area (TPSA) is 46.6 Å². The number of rotatable bonds is 2. The zero-order valence-electron chi connectivity index (χ0n) is 12.4. The van der Waals surface area contributed by atoms with Crippen LogP contribution in [0, 0.1) is 5.92 Å². The fourth-order valence-electron chi connectivity index (χ4n) is 3.36. The van der Waals surface area contributed by atoms with E-state index in [1.165, 1.54) is 30.4 Å². The molecule has 1 aromatic rings. The van der Waals surface area contributed by atoms with Crippen LogP contribution in [0.25, 0.3) is 0 Å². The average Bonchev–Trinajstić information content (AvgIpc) is 2.97. The van der Waals surface area contributed by atoms with E-state index in [4.69, 9.17) is 4.74 Å². The van der Waals surface area contributed by atoms with Crippen molar-refractivity contribution >= 4 is 23.2 Å². The van der Waals surface area contributed by atoms with Crippen LogP contribution in [-0.2, 0) is 22.4 Å². The van der Waals surface area contributed by atoms with Gasteiger partial charge in [-0.1, -0.05) is 0 Å². The highest BCUT2D eigenvalue weighted by atomic mass is 32.1. The van der Waals surface area contributed by atoms with Crippen LogP contribution in [0.2, 0.25) is 0 Å². The van der Waals surface area contributed by atoms with E-state index in [2.05, 4.69) is 0 Å². The first kappa shape index (κ1) is 14.6. The van der Waals surface area contributed by atoms with E-state index >= 15 is 0 Å². The van der Waals surface area contributed by atoms with Crippen LogP contribution < -0.4 is 0 Å². The number of esters is 1. The lowest BCUT2D eigenvalue weighted by Gasteiger charge is -2.31. The molecule has 3 rings (SSSR count). The van der Waals surface area contributed by atoms with Gasteiger partial charge in [0.2, 0.25) is 0 Å². The predicted molar refractivity (Wildman–Crippen MR) is 81.6 cm³/mol. The lowest BCUT2D eigenvalue weighted by atomic mass is 9.94. The van der Waals surface area contributed by atoms with Crippen molar-refractivity contribution in [2.24, 2.45) is 5.92 Å². The van der Waals surface area contributed by atoms with Crippen LogP contribution in [0.15, 0.2) is 5.38 Å². The van der Waals surface area contributed by atoms with Crippen molar-refractivity contribution in [1.82, 2.24) is 4.90 Å². The summed E-state index contributed by atoms with van der Waals surface area (Å²) in [6.45, 7) is 1.24. The molecule has 1 aliphatic carbocycles. The number of nitrogens with zero attached hydrogens (tertiary/aromatic N) is 1. The standard InChI is InChI=1S/C16H21NO3S/c1-20-16(19)11-5-4-8-17(9-11)15(18)13-10-21-14-7-3-2-6-12(13)14/h10-11H,2-9H2,1H3/t11-/m0/s1. The van der Waals surface area contributed by atoms with Crippen LogP contribution >= 0.6 is 11.3 Å². The summed E-state index contributed by atoms with van der Waals surface area (Å²) in [7, 11) is 1.42. The van der Waals surface area contributed by atoms with Crippen molar-refractivity contribution in [3.8, 4) is 0 Å². The third kappa shape index (κ3) is 2.84. The Morgan fingerprint density at radius 2 is 2.10 bits per heavy atom. The zero-order chi connectivity index (χ0) is 14.8. The highest BCUT2D eigenvalue weighted by molar-refractivity contribution is 7.10. The summed E-state index contributed by atoms with van der Waals surface area (Å²) in [5, 5.41) is 2.01. The summed E-state index contributed by atoms with van der Waals surface area (Å²) in [6.07, 6.45) is 6.23. The van der Waals surface area contributed by atoms with Gasteiger partial charge in [0.15, 0.2) is 0 Å². The molecule has 114 valence electrons. The maximum Gasteiger partial charge on any atom is 0.310 e. The Morgan fingerprint density at radius 1 is 1.29 bits per heavy atom. The fraction of sp³-hybridized carbons (Fsp3) is 0.625. The number of carbonyl (C=O) groups excluding carboxylic acids is 2. The molecular weight excluding hydrogens is 286 g/mol. The maximum atomic E-state index is 12.8. The molecule has 0 radical (unpaired) electrons. The first-order valence-electron chi connectivity index (χ1n) is 7.67. The summed E-state index contributed by atoms with van der Waals surface area (Å²) in [5.74, 6) is -0.259. The van der Waals surface area contributed by atoms with Gasteiger partial charge in [-0.25, -0.2) is 0 Å². The number of hydrogen-bond donors (Lipinski definition) is 0. The Bertz CT molecular complexity index is 552. The second-order valence-corrected chi connectivity index (χ2v) is 6.84. The van der Waals surface area contributed by atoms with Gasteiger partial charge in [-0.3, -0.25) is 9.59 Å². The highest BCUT2D eigenvalue weighted by Crippen LogP contribution is 2.31. The molecule has 0 bridgehead atoms. The summed E-state index contributed by atoms with van der Waals surface area (Å²) in [4.78, 5) is 27.7. The van der Waals surface area contributed by atoms with Gasteiger partial charge in [-0.2, -0.15) is 0 Å². The van der Waals surface area contributed by atoms with E-state index in [0.29, 0.717) is 6.54 Å². The minimum Gasteiger partial charge on any atom is -0.469 e. The third-order valence-corrected chi connectivity index (χ3v) is 5.62. The van der Waals surface area contributed by atoms with E-state index in [0.717, 1.165) is 37.8 Å². The first-order valence-corrected chi connectivity index (χ1v) is 8.55. The van der Waals surface area contributed by atoms with Crippen molar-refractivity contribution in [1.29, 1.82) is 0 Å². The van der Waals surface area contributed by atoms with Gasteiger partial charge in [0.05, 0.1) is 18.6 Å². The molecule has 0 N–H and O–H groups in total. The SMILES string of the molecule is COC(=O)[C@H]1CCCN(C(=O)c2csc3c2CCCC3)C1. The van der Waals surface area contributed by atoms with E-state index in [1.807, 2.05) is 10.3 Å². The van der Waals surface area contributed by atoms with Gasteiger partial charge in [-0.15, -0.1) is 11.3 Å². The Morgan fingerprint density at radius 3 is 2.90 bits per heavy atom. The second kappa shape index (κ2) is 6.18. The van der Waals surface area contributed by atoms with Crippen LogP contribution in [0.1, 0.15) is 46.5 Å². The quantitative estimate of drug-likeness (QED) is 0.789. The second-order valence-electron chi connectivity index (χ2n) is 5.87. The monoisotopic (exact) mass is 307 g/mol. The van der Waals surface area contributed by atoms with E-state index < -0.39 is 0 Å². The summed E-state index contributed by atoms with van der Waals surface area (Å²) in [5.41, 5.74) is 2.14. The number of ether oxygens (including phenoxy) is 1. The predicted octanol–water partition coefficient (Wildman–Crippen LogP) is 2.65. The number of likely N-dealkylation sites (tertiary alicyclic amines) is 1. The average molecular weight is 307 g/mol. The fourth-order valence-corrected chi connectivity index (χ4v) is 4.48. The molecule has 1 atom stereocenters. The van der Waals surface area contributed by atoms with E-state index in [9.17, 15) is 9.59 Å². The van der Waals surface area contributed by atoms with E-state index in [-0.39, 0.29) is 17.8 Å². The van der Waals surface area contributed by atoms with Crippen molar-refractivity contribution in [2.45, 2.75) is 38.5 Å². The van der Waals surface area contributed by atoms with Gasteiger partial charge < -0.3 is 9.64 Å². The van der Waals surface area contributed by atoms with Crippen LogP contribution in [0.3, 0.4) is 0 Å². The molecule has 0 aromatic carbocycles. The largest absolute Gasteiger partial charge is 0.469 e. The molecule has 0 saturated carbocycles. The zero-order valence-corrected chi connectivity index (χ0v) is 13.2. The molecule has 1 saturated heterocycles. The first-order chi connectivity index (χ1) is 10.2. The van der Waals surface area contributed by atoms with Crippen molar-refractivity contribution < 1.29 is 14.3 Å². The van der Waals surface area contributed by atoms with Crippen molar-refractivity contribution in [3.63, 3.8) is 0 Å². The molecule has 1 amide bonds. The molecule has 1 aliphatic heterocycles. The molecule has 21 heavy (non-hydrogen) atoms.